The van der Waals surface area contributed by atoms with Crippen molar-refractivity contribution in [2.45, 2.75) is 0 Å². The largest absolute Gasteiger partial charge is 0.399 e. The number of benzene rings is 7. The predicted octanol–water partition coefficient (Wildman–Crippen LogP) is 11.1. The zero-order chi connectivity index (χ0) is 30.2. The third kappa shape index (κ3) is 5.11. The zero-order valence-electron chi connectivity index (χ0n) is 24.7. The van der Waals surface area contributed by atoms with Crippen LogP contribution in [0.4, 0.5) is 17.1 Å². The van der Waals surface area contributed by atoms with Crippen molar-refractivity contribution in [3.05, 3.63) is 170 Å². The summed E-state index contributed by atoms with van der Waals surface area (Å²) < 4.78 is 2.36. The molecule has 3 nitrogen and oxygen atoms in total. The number of nitrogens with one attached hydrogen (secondary N) is 1. The Labute approximate surface area is 262 Å². The van der Waals surface area contributed by atoms with Gasteiger partial charge in [0.25, 0.3) is 0 Å². The highest BCUT2D eigenvalue weighted by Crippen LogP contribution is 2.34. The normalized spacial score (nSPS) is 11.2. The Morgan fingerprint density at radius 2 is 0.800 bits per heavy atom. The topological polar surface area (TPSA) is 43.0 Å². The summed E-state index contributed by atoms with van der Waals surface area (Å²) >= 11 is 0. The molecular formula is C42H31N3. The molecule has 0 aliphatic heterocycles. The molecule has 0 unspecified atom stereocenters. The van der Waals surface area contributed by atoms with E-state index >= 15 is 0 Å². The van der Waals surface area contributed by atoms with Gasteiger partial charge in [-0.2, -0.15) is 0 Å². The molecule has 0 bridgehead atoms. The first-order valence-electron chi connectivity index (χ1n) is 15.2. The molecule has 0 radical (unpaired) electrons. The average Bonchev–Trinajstić information content (AvgIpc) is 3.44. The molecule has 0 saturated heterocycles. The minimum atomic E-state index is 0.779. The van der Waals surface area contributed by atoms with Crippen molar-refractivity contribution in [3.8, 4) is 39.1 Å². The number of anilines is 3. The lowest BCUT2D eigenvalue weighted by atomic mass is 10.00. The van der Waals surface area contributed by atoms with Crippen molar-refractivity contribution in [3.63, 3.8) is 0 Å². The first kappa shape index (κ1) is 26.6. The number of para-hydroxylation sites is 2. The summed E-state index contributed by atoms with van der Waals surface area (Å²) in [7, 11) is 0. The minimum Gasteiger partial charge on any atom is -0.399 e. The van der Waals surface area contributed by atoms with Gasteiger partial charge in [-0.1, -0.05) is 109 Å². The fraction of sp³-hybridized carbons (Fsp3) is 0. The fourth-order valence-electron chi connectivity index (χ4n) is 6.21. The van der Waals surface area contributed by atoms with Crippen LogP contribution in [0.5, 0.6) is 0 Å². The number of aromatic nitrogens is 1. The van der Waals surface area contributed by atoms with Crippen molar-refractivity contribution in [2.24, 2.45) is 0 Å². The van der Waals surface area contributed by atoms with Crippen LogP contribution in [0.1, 0.15) is 0 Å². The molecule has 0 fully saturated rings. The van der Waals surface area contributed by atoms with E-state index in [1.54, 1.807) is 0 Å². The lowest BCUT2D eigenvalue weighted by Gasteiger charge is -2.12. The lowest BCUT2D eigenvalue weighted by Crippen LogP contribution is -1.94. The molecule has 45 heavy (non-hydrogen) atoms. The van der Waals surface area contributed by atoms with Crippen LogP contribution >= 0.6 is 0 Å². The molecule has 0 aliphatic rings. The molecular weight excluding hydrogens is 546 g/mol. The molecule has 214 valence electrons. The quantitative estimate of drug-likeness (QED) is 0.193. The highest BCUT2D eigenvalue weighted by atomic mass is 15.0. The van der Waals surface area contributed by atoms with Crippen LogP contribution in [0, 0.1) is 0 Å². The molecule has 0 aliphatic carbocycles. The number of nitrogen functional groups attached to an aromatic ring is 1. The fourth-order valence-corrected chi connectivity index (χ4v) is 6.21. The Bertz CT molecular complexity index is 2210. The summed E-state index contributed by atoms with van der Waals surface area (Å²) in [6.45, 7) is 0. The van der Waals surface area contributed by atoms with E-state index in [0.717, 1.165) is 28.3 Å². The number of nitrogens with zero attached hydrogens (tertiary/aromatic N) is 1. The monoisotopic (exact) mass is 577 g/mol. The van der Waals surface area contributed by atoms with E-state index in [-0.39, 0.29) is 0 Å². The van der Waals surface area contributed by atoms with Crippen LogP contribution in [0.15, 0.2) is 170 Å². The van der Waals surface area contributed by atoms with Gasteiger partial charge < -0.3 is 15.6 Å². The molecule has 0 amide bonds. The SMILES string of the molecule is Nc1ccc(-c2ccc(-c3ccc(Nc4ccc(-c5cccc(-n6c7ccccc7c7ccccc76)c5)cc4)cc3)cc2)cc1. The number of fused-ring (bicyclic) bond motifs is 3. The van der Waals surface area contributed by atoms with Crippen LogP contribution in [0.3, 0.4) is 0 Å². The third-order valence-corrected chi connectivity index (χ3v) is 8.54. The van der Waals surface area contributed by atoms with Crippen molar-refractivity contribution in [1.82, 2.24) is 4.57 Å². The molecule has 1 heterocycles. The zero-order valence-corrected chi connectivity index (χ0v) is 24.7. The molecule has 1 aromatic heterocycles. The van der Waals surface area contributed by atoms with E-state index in [2.05, 4.69) is 168 Å². The number of nitrogens with two attached hydrogens (primary N) is 1. The summed E-state index contributed by atoms with van der Waals surface area (Å²) in [5.41, 5.74) is 19.4. The van der Waals surface area contributed by atoms with Crippen molar-refractivity contribution < 1.29 is 0 Å². The number of hydrogen-bond donors (Lipinski definition) is 2. The van der Waals surface area contributed by atoms with E-state index in [0.29, 0.717) is 0 Å². The lowest BCUT2D eigenvalue weighted by molar-refractivity contribution is 1.18. The Hall–Kier alpha value is -6.06. The van der Waals surface area contributed by atoms with E-state index in [1.165, 1.54) is 49.6 Å². The molecule has 0 atom stereocenters. The van der Waals surface area contributed by atoms with Crippen molar-refractivity contribution >= 4 is 38.9 Å². The minimum absolute atomic E-state index is 0.779. The Morgan fingerprint density at radius 3 is 1.31 bits per heavy atom. The molecule has 8 rings (SSSR count). The summed E-state index contributed by atoms with van der Waals surface area (Å²) in [5.74, 6) is 0. The number of hydrogen-bond acceptors (Lipinski definition) is 2. The van der Waals surface area contributed by atoms with Gasteiger partial charge in [0.1, 0.15) is 0 Å². The summed E-state index contributed by atoms with van der Waals surface area (Å²) in [6.07, 6.45) is 0. The third-order valence-electron chi connectivity index (χ3n) is 8.54. The van der Waals surface area contributed by atoms with E-state index in [1.807, 2.05) is 12.1 Å². The average molecular weight is 578 g/mol. The van der Waals surface area contributed by atoms with Gasteiger partial charge >= 0.3 is 0 Å². The first-order valence-corrected chi connectivity index (χ1v) is 15.2. The Morgan fingerprint density at radius 1 is 0.378 bits per heavy atom. The summed E-state index contributed by atoms with van der Waals surface area (Å²) in [5, 5.41) is 6.10. The second-order valence-electron chi connectivity index (χ2n) is 11.4. The van der Waals surface area contributed by atoms with Crippen molar-refractivity contribution in [2.75, 3.05) is 11.1 Å². The maximum atomic E-state index is 5.84. The summed E-state index contributed by atoms with van der Waals surface area (Å²) in [4.78, 5) is 0. The highest BCUT2D eigenvalue weighted by molar-refractivity contribution is 6.09. The molecule has 8 aromatic rings. The van der Waals surface area contributed by atoms with Crippen LogP contribution in [-0.2, 0) is 0 Å². The van der Waals surface area contributed by atoms with Gasteiger partial charge in [-0.25, -0.2) is 0 Å². The van der Waals surface area contributed by atoms with Gasteiger partial charge in [0.2, 0.25) is 0 Å². The maximum absolute atomic E-state index is 5.84. The van der Waals surface area contributed by atoms with Gasteiger partial charge in [0.15, 0.2) is 0 Å². The van der Waals surface area contributed by atoms with Crippen molar-refractivity contribution in [1.29, 1.82) is 0 Å². The standard InChI is InChI=1S/C42H31N3/c43-35-22-16-31(17-23-35)29-12-14-30(15-13-29)32-18-24-36(25-19-32)44-37-26-20-33(21-27-37)34-6-5-7-38(28-34)45-41-10-3-1-8-39(41)40-9-2-4-11-42(40)45/h1-28,44H,43H2. The van der Waals surface area contributed by atoms with E-state index in [4.69, 9.17) is 5.73 Å². The van der Waals surface area contributed by atoms with Gasteiger partial charge in [-0.3, -0.25) is 0 Å². The Balaban J connectivity index is 0.998. The maximum Gasteiger partial charge on any atom is 0.0541 e. The van der Waals surface area contributed by atoms with Crippen LogP contribution in [0.25, 0.3) is 60.9 Å². The van der Waals surface area contributed by atoms with Gasteiger partial charge in [-0.15, -0.1) is 0 Å². The second kappa shape index (κ2) is 11.2. The predicted molar refractivity (Wildman–Crippen MR) is 191 cm³/mol. The van der Waals surface area contributed by atoms with Crippen LogP contribution < -0.4 is 11.1 Å². The molecule has 3 heteroatoms. The smallest absolute Gasteiger partial charge is 0.0541 e. The Kier molecular flexibility index (Phi) is 6.62. The molecule has 3 N–H and O–H groups in total. The highest BCUT2D eigenvalue weighted by Gasteiger charge is 2.12. The van der Waals surface area contributed by atoms with E-state index < -0.39 is 0 Å². The van der Waals surface area contributed by atoms with Crippen LogP contribution in [0.2, 0.25) is 0 Å². The van der Waals surface area contributed by atoms with Gasteiger partial charge in [0, 0.05) is 33.5 Å². The second-order valence-corrected chi connectivity index (χ2v) is 11.4. The van der Waals surface area contributed by atoms with Crippen LogP contribution in [-0.4, -0.2) is 4.57 Å². The number of rotatable bonds is 6. The molecule has 7 aromatic carbocycles. The first-order chi connectivity index (χ1) is 22.2. The molecule has 0 spiro atoms. The molecule has 0 saturated carbocycles. The summed E-state index contributed by atoms with van der Waals surface area (Å²) in [6, 6.07) is 60.0. The van der Waals surface area contributed by atoms with Gasteiger partial charge in [-0.05, 0) is 94.0 Å². The van der Waals surface area contributed by atoms with E-state index in [9.17, 15) is 0 Å². The van der Waals surface area contributed by atoms with Gasteiger partial charge in [0.05, 0.1) is 11.0 Å².